The quantitative estimate of drug-likeness (QED) is 0.298. The molecule has 0 amide bonds. The molecule has 2 atom stereocenters. The molecule has 0 spiro atoms. The predicted molar refractivity (Wildman–Crippen MR) is 102 cm³/mol. The average molecular weight is 369 g/mol. The van der Waals surface area contributed by atoms with Crippen molar-refractivity contribution < 1.29 is 24.2 Å². The van der Waals surface area contributed by atoms with Crippen LogP contribution in [0.3, 0.4) is 0 Å². The molecular weight excluding hydrogens is 332 g/mol. The van der Waals surface area contributed by atoms with Gasteiger partial charge in [-0.15, -0.1) is 0 Å². The van der Waals surface area contributed by atoms with E-state index >= 15 is 0 Å². The minimum atomic E-state index is -1.12. The van der Waals surface area contributed by atoms with Crippen molar-refractivity contribution in [3.8, 4) is 0 Å². The molecular formula is C21H36O5. The molecule has 0 saturated carbocycles. The number of carbonyl (C=O) groups is 2. The van der Waals surface area contributed by atoms with Crippen LogP contribution in [-0.4, -0.2) is 35.9 Å². The Morgan fingerprint density at radius 3 is 2.58 bits per heavy atom. The highest BCUT2D eigenvalue weighted by Crippen LogP contribution is 2.32. The SMILES string of the molecule is CCCCCC/C=C1\CC(CO)(COC(=O)C(CC)CCCC)OC1=O. The van der Waals surface area contributed by atoms with E-state index in [0.717, 1.165) is 44.9 Å². The zero-order valence-corrected chi connectivity index (χ0v) is 16.7. The topological polar surface area (TPSA) is 72.8 Å². The molecule has 0 radical (unpaired) electrons. The van der Waals surface area contributed by atoms with E-state index in [-0.39, 0.29) is 25.1 Å². The van der Waals surface area contributed by atoms with Crippen molar-refractivity contribution in [2.45, 2.75) is 90.6 Å². The highest BCUT2D eigenvalue weighted by atomic mass is 16.6. The zero-order chi connectivity index (χ0) is 19.4. The smallest absolute Gasteiger partial charge is 0.334 e. The van der Waals surface area contributed by atoms with Gasteiger partial charge < -0.3 is 14.6 Å². The summed E-state index contributed by atoms with van der Waals surface area (Å²) >= 11 is 0. The Balaban J connectivity index is 2.56. The summed E-state index contributed by atoms with van der Waals surface area (Å²) in [6, 6.07) is 0. The summed E-state index contributed by atoms with van der Waals surface area (Å²) in [5.41, 5.74) is -0.532. The van der Waals surface area contributed by atoms with E-state index in [9.17, 15) is 14.7 Å². The second-order valence-corrected chi connectivity index (χ2v) is 7.34. The number of carbonyl (C=O) groups excluding carboxylic acids is 2. The Hall–Kier alpha value is -1.36. The first kappa shape index (κ1) is 22.7. The molecule has 150 valence electrons. The molecule has 1 fully saturated rings. The van der Waals surface area contributed by atoms with Gasteiger partial charge in [-0.2, -0.15) is 0 Å². The number of cyclic esters (lactones) is 1. The Kier molecular flexibility index (Phi) is 10.6. The second kappa shape index (κ2) is 12.1. The molecule has 0 aromatic heterocycles. The summed E-state index contributed by atoms with van der Waals surface area (Å²) in [6.07, 6.45) is 11.2. The fraction of sp³-hybridized carbons (Fsp3) is 0.810. The molecule has 1 N–H and O–H groups in total. The van der Waals surface area contributed by atoms with Gasteiger partial charge in [0.25, 0.3) is 0 Å². The third-order valence-electron chi connectivity index (χ3n) is 5.03. The van der Waals surface area contributed by atoms with Crippen LogP contribution < -0.4 is 0 Å². The van der Waals surface area contributed by atoms with Crippen LogP contribution >= 0.6 is 0 Å². The minimum absolute atomic E-state index is 0.0795. The van der Waals surface area contributed by atoms with Crippen molar-refractivity contribution in [3.63, 3.8) is 0 Å². The molecule has 5 nitrogen and oxygen atoms in total. The van der Waals surface area contributed by atoms with E-state index in [1.165, 1.54) is 12.8 Å². The van der Waals surface area contributed by atoms with E-state index in [1.54, 1.807) is 0 Å². The first-order chi connectivity index (χ1) is 12.5. The van der Waals surface area contributed by atoms with Crippen LogP contribution in [0.4, 0.5) is 0 Å². The number of esters is 2. The first-order valence-electron chi connectivity index (χ1n) is 10.2. The third-order valence-corrected chi connectivity index (χ3v) is 5.03. The predicted octanol–water partition coefficient (Wildman–Crippen LogP) is 4.32. The third kappa shape index (κ3) is 7.10. The van der Waals surface area contributed by atoms with E-state index in [4.69, 9.17) is 9.47 Å². The lowest BCUT2D eigenvalue weighted by Gasteiger charge is -2.25. The van der Waals surface area contributed by atoms with Gasteiger partial charge in [0.15, 0.2) is 5.60 Å². The Bertz CT molecular complexity index is 471. The molecule has 0 bridgehead atoms. The van der Waals surface area contributed by atoms with Gasteiger partial charge >= 0.3 is 11.9 Å². The lowest BCUT2D eigenvalue weighted by molar-refractivity contribution is -0.169. The fourth-order valence-corrected chi connectivity index (χ4v) is 3.19. The van der Waals surface area contributed by atoms with Gasteiger partial charge in [-0.05, 0) is 25.7 Å². The molecule has 5 heteroatoms. The number of rotatable bonds is 13. The molecule has 2 unspecified atom stereocenters. The van der Waals surface area contributed by atoms with Crippen molar-refractivity contribution in [2.24, 2.45) is 5.92 Å². The van der Waals surface area contributed by atoms with Gasteiger partial charge in [-0.3, -0.25) is 4.79 Å². The highest BCUT2D eigenvalue weighted by molar-refractivity contribution is 5.91. The van der Waals surface area contributed by atoms with Crippen LogP contribution in [0.15, 0.2) is 11.6 Å². The van der Waals surface area contributed by atoms with E-state index in [0.29, 0.717) is 12.0 Å². The molecule has 0 aliphatic carbocycles. The monoisotopic (exact) mass is 368 g/mol. The summed E-state index contributed by atoms with van der Waals surface area (Å²) in [6.45, 7) is 5.80. The maximum absolute atomic E-state index is 12.3. The van der Waals surface area contributed by atoms with Crippen LogP contribution in [0.1, 0.15) is 85.0 Å². The van der Waals surface area contributed by atoms with Crippen molar-refractivity contribution in [2.75, 3.05) is 13.2 Å². The molecule has 1 saturated heterocycles. The maximum Gasteiger partial charge on any atom is 0.334 e. The first-order valence-corrected chi connectivity index (χ1v) is 10.2. The number of ether oxygens (including phenoxy) is 2. The molecule has 1 aliphatic rings. The summed E-state index contributed by atoms with van der Waals surface area (Å²) in [4.78, 5) is 24.4. The van der Waals surface area contributed by atoms with E-state index in [2.05, 4.69) is 13.8 Å². The molecule has 1 aliphatic heterocycles. The fourth-order valence-electron chi connectivity index (χ4n) is 3.19. The van der Waals surface area contributed by atoms with Crippen LogP contribution in [0.5, 0.6) is 0 Å². The Labute approximate surface area is 158 Å². The molecule has 1 heterocycles. The van der Waals surface area contributed by atoms with Crippen molar-refractivity contribution >= 4 is 11.9 Å². The Morgan fingerprint density at radius 2 is 1.96 bits per heavy atom. The average Bonchev–Trinajstić information content (AvgIpc) is 2.97. The number of aliphatic hydroxyl groups is 1. The summed E-state index contributed by atoms with van der Waals surface area (Å²) in [5.74, 6) is -0.790. The highest BCUT2D eigenvalue weighted by Gasteiger charge is 2.44. The zero-order valence-electron chi connectivity index (χ0n) is 16.7. The van der Waals surface area contributed by atoms with Crippen molar-refractivity contribution in [3.05, 3.63) is 11.6 Å². The number of hydrogen-bond acceptors (Lipinski definition) is 5. The van der Waals surface area contributed by atoms with Gasteiger partial charge in [0, 0.05) is 12.0 Å². The van der Waals surface area contributed by atoms with Gasteiger partial charge in [0.2, 0.25) is 0 Å². The van der Waals surface area contributed by atoms with Gasteiger partial charge in [-0.25, -0.2) is 4.79 Å². The maximum atomic E-state index is 12.3. The van der Waals surface area contributed by atoms with E-state index < -0.39 is 11.6 Å². The number of hydrogen-bond donors (Lipinski definition) is 1. The van der Waals surface area contributed by atoms with Crippen LogP contribution in [0, 0.1) is 5.92 Å². The Morgan fingerprint density at radius 1 is 1.23 bits per heavy atom. The number of allylic oxidation sites excluding steroid dienone is 1. The number of unbranched alkanes of at least 4 members (excludes halogenated alkanes) is 5. The molecule has 1 rings (SSSR count). The number of aliphatic hydroxyl groups excluding tert-OH is 1. The second-order valence-electron chi connectivity index (χ2n) is 7.34. The summed E-state index contributed by atoms with van der Waals surface area (Å²) in [5, 5.41) is 9.75. The molecule has 26 heavy (non-hydrogen) atoms. The van der Waals surface area contributed by atoms with Gasteiger partial charge in [-0.1, -0.05) is 59.0 Å². The van der Waals surface area contributed by atoms with Gasteiger partial charge in [0.05, 0.1) is 12.5 Å². The van der Waals surface area contributed by atoms with Crippen molar-refractivity contribution in [1.29, 1.82) is 0 Å². The normalized spacial score (nSPS) is 22.5. The lowest BCUT2D eigenvalue weighted by Crippen LogP contribution is -2.40. The summed E-state index contributed by atoms with van der Waals surface area (Å²) < 4.78 is 10.8. The van der Waals surface area contributed by atoms with Crippen LogP contribution in [0.25, 0.3) is 0 Å². The van der Waals surface area contributed by atoms with Gasteiger partial charge in [0.1, 0.15) is 6.61 Å². The van der Waals surface area contributed by atoms with Crippen LogP contribution in [0.2, 0.25) is 0 Å². The summed E-state index contributed by atoms with van der Waals surface area (Å²) in [7, 11) is 0. The lowest BCUT2D eigenvalue weighted by atomic mass is 9.97. The van der Waals surface area contributed by atoms with Crippen molar-refractivity contribution in [1.82, 2.24) is 0 Å². The largest absolute Gasteiger partial charge is 0.461 e. The van der Waals surface area contributed by atoms with Crippen LogP contribution in [-0.2, 0) is 19.1 Å². The minimum Gasteiger partial charge on any atom is -0.461 e. The standard InChI is InChI=1S/C21H36O5/c1-4-7-9-10-11-13-18-14-21(15-22,26-20(18)24)16-25-19(23)17(6-3)12-8-5-2/h13,17,22H,4-12,14-16H2,1-3H3/b18-13+. The van der Waals surface area contributed by atoms with E-state index in [1.807, 2.05) is 13.0 Å². The molecule has 0 aromatic carbocycles. The molecule has 0 aromatic rings.